The van der Waals surface area contributed by atoms with E-state index in [4.69, 9.17) is 4.42 Å². The van der Waals surface area contributed by atoms with Gasteiger partial charge in [-0.3, -0.25) is 10.2 Å². The molecule has 1 unspecified atom stereocenters. The third-order valence-electron chi connectivity index (χ3n) is 2.52. The van der Waals surface area contributed by atoms with Gasteiger partial charge in [-0.2, -0.15) is 13.2 Å². The largest absolute Gasteiger partial charge is 0.467 e. The molecule has 2 aromatic rings. The van der Waals surface area contributed by atoms with Gasteiger partial charge < -0.3 is 4.42 Å². The second-order valence-electron chi connectivity index (χ2n) is 3.95. The Morgan fingerprint density at radius 3 is 2.35 bits per heavy atom. The minimum atomic E-state index is -4.60. The summed E-state index contributed by atoms with van der Waals surface area (Å²) in [6, 6.07) is 8.33. The monoisotopic (exact) mass is 284 g/mol. The highest BCUT2D eigenvalue weighted by Gasteiger charge is 2.43. The van der Waals surface area contributed by atoms with Crippen molar-refractivity contribution in [2.24, 2.45) is 0 Å². The summed E-state index contributed by atoms with van der Waals surface area (Å²) >= 11 is 0. The van der Waals surface area contributed by atoms with Crippen molar-refractivity contribution in [1.29, 1.82) is 0 Å². The molecule has 2 rings (SSSR count). The molecule has 1 atom stereocenters. The number of benzene rings is 1. The van der Waals surface area contributed by atoms with Gasteiger partial charge in [-0.1, -0.05) is 18.2 Å². The van der Waals surface area contributed by atoms with Crippen LogP contribution in [0.2, 0.25) is 0 Å². The van der Waals surface area contributed by atoms with Crippen LogP contribution in [0.1, 0.15) is 22.2 Å². The lowest BCUT2D eigenvalue weighted by atomic mass is 10.2. The van der Waals surface area contributed by atoms with Crippen molar-refractivity contribution in [3.05, 3.63) is 60.1 Å². The molecule has 20 heavy (non-hydrogen) atoms. The molecule has 0 aliphatic carbocycles. The van der Waals surface area contributed by atoms with E-state index in [1.54, 1.807) is 18.2 Å². The zero-order chi connectivity index (χ0) is 14.6. The van der Waals surface area contributed by atoms with E-state index >= 15 is 0 Å². The number of halogens is 3. The Labute approximate surface area is 112 Å². The third kappa shape index (κ3) is 3.39. The van der Waals surface area contributed by atoms with Crippen molar-refractivity contribution in [3.8, 4) is 0 Å². The second-order valence-corrected chi connectivity index (χ2v) is 3.95. The van der Waals surface area contributed by atoms with Crippen LogP contribution in [0.5, 0.6) is 0 Å². The summed E-state index contributed by atoms with van der Waals surface area (Å²) in [4.78, 5) is 11.7. The summed E-state index contributed by atoms with van der Waals surface area (Å²) in [5.74, 6) is -0.989. The molecule has 0 radical (unpaired) electrons. The van der Waals surface area contributed by atoms with Crippen LogP contribution in [-0.2, 0) is 0 Å². The van der Waals surface area contributed by atoms with Crippen molar-refractivity contribution in [3.63, 3.8) is 0 Å². The summed E-state index contributed by atoms with van der Waals surface area (Å²) in [6.07, 6.45) is -3.46. The van der Waals surface area contributed by atoms with E-state index < -0.39 is 18.1 Å². The van der Waals surface area contributed by atoms with Crippen molar-refractivity contribution in [1.82, 2.24) is 10.9 Å². The van der Waals surface area contributed by atoms with Crippen LogP contribution >= 0.6 is 0 Å². The van der Waals surface area contributed by atoms with Crippen molar-refractivity contribution >= 4 is 5.91 Å². The molecule has 4 nitrogen and oxygen atoms in total. The first kappa shape index (κ1) is 14.1. The molecule has 106 valence electrons. The Morgan fingerprint density at radius 2 is 1.80 bits per heavy atom. The fourth-order valence-electron chi connectivity index (χ4n) is 1.57. The van der Waals surface area contributed by atoms with Crippen molar-refractivity contribution in [2.75, 3.05) is 0 Å². The standard InChI is InChI=1S/C13H11F3N2O2/c14-13(15,16)11(10-7-4-8-20-10)17-18-12(19)9-5-2-1-3-6-9/h1-8,11,17H,(H,18,19). The maximum absolute atomic E-state index is 12.9. The van der Waals surface area contributed by atoms with Gasteiger partial charge in [0, 0.05) is 5.56 Å². The van der Waals surface area contributed by atoms with Gasteiger partial charge in [-0.25, -0.2) is 5.43 Å². The number of alkyl halides is 3. The maximum Gasteiger partial charge on any atom is 0.412 e. The predicted molar refractivity (Wildman–Crippen MR) is 64.5 cm³/mol. The summed E-state index contributed by atoms with van der Waals surface area (Å²) in [6.45, 7) is 0. The quantitative estimate of drug-likeness (QED) is 0.849. The van der Waals surface area contributed by atoms with Crippen LogP contribution in [0.25, 0.3) is 0 Å². The Hall–Kier alpha value is -2.28. The molecular formula is C13H11F3N2O2. The SMILES string of the molecule is O=C(NNC(c1ccco1)C(F)(F)F)c1ccccc1. The van der Waals surface area contributed by atoms with Crippen molar-refractivity contribution < 1.29 is 22.4 Å². The number of hydrogen-bond acceptors (Lipinski definition) is 3. The number of carbonyl (C=O) groups excluding carboxylic acids is 1. The summed E-state index contributed by atoms with van der Waals surface area (Å²) in [5, 5.41) is 0. The van der Waals surface area contributed by atoms with Gasteiger partial charge in [0.15, 0.2) is 6.04 Å². The number of nitrogens with one attached hydrogen (secondary N) is 2. The minimum absolute atomic E-state index is 0.250. The van der Waals surface area contributed by atoms with E-state index in [1.165, 1.54) is 24.3 Å². The van der Waals surface area contributed by atoms with Gasteiger partial charge in [-0.05, 0) is 24.3 Å². The lowest BCUT2D eigenvalue weighted by molar-refractivity contribution is -0.163. The van der Waals surface area contributed by atoms with E-state index in [1.807, 2.05) is 10.9 Å². The lowest BCUT2D eigenvalue weighted by Crippen LogP contribution is -2.45. The average molecular weight is 284 g/mol. The lowest BCUT2D eigenvalue weighted by Gasteiger charge is -2.20. The van der Waals surface area contributed by atoms with Crippen LogP contribution in [0.4, 0.5) is 13.2 Å². The van der Waals surface area contributed by atoms with Gasteiger partial charge in [0.05, 0.1) is 6.26 Å². The number of hydrazine groups is 1. The summed E-state index contributed by atoms with van der Waals surface area (Å²) in [5.41, 5.74) is 4.22. The van der Waals surface area contributed by atoms with Gasteiger partial charge in [0.1, 0.15) is 5.76 Å². The van der Waals surface area contributed by atoms with E-state index in [0.29, 0.717) is 0 Å². The number of carbonyl (C=O) groups is 1. The van der Waals surface area contributed by atoms with Gasteiger partial charge in [0.25, 0.3) is 5.91 Å². The highest BCUT2D eigenvalue weighted by atomic mass is 19.4. The number of hydrogen-bond donors (Lipinski definition) is 2. The molecule has 0 saturated carbocycles. The first-order valence-electron chi connectivity index (χ1n) is 5.69. The van der Waals surface area contributed by atoms with Crippen LogP contribution in [0.15, 0.2) is 53.1 Å². The van der Waals surface area contributed by atoms with Crippen LogP contribution in [-0.4, -0.2) is 12.1 Å². The smallest absolute Gasteiger partial charge is 0.412 e. The first-order chi connectivity index (χ1) is 9.48. The van der Waals surface area contributed by atoms with E-state index in [0.717, 1.165) is 6.26 Å². The van der Waals surface area contributed by atoms with Gasteiger partial charge in [-0.15, -0.1) is 0 Å². The first-order valence-corrected chi connectivity index (χ1v) is 5.69. The van der Waals surface area contributed by atoms with Gasteiger partial charge in [0.2, 0.25) is 0 Å². The van der Waals surface area contributed by atoms with E-state index in [2.05, 4.69) is 0 Å². The molecule has 2 N–H and O–H groups in total. The third-order valence-corrected chi connectivity index (χ3v) is 2.52. The molecule has 0 fully saturated rings. The average Bonchev–Trinajstić information content (AvgIpc) is 2.92. The Bertz CT molecular complexity index is 553. The molecule has 0 aliphatic rings. The predicted octanol–water partition coefficient (Wildman–Crippen LogP) is 2.82. The highest BCUT2D eigenvalue weighted by Crippen LogP contribution is 2.32. The summed E-state index contributed by atoms with van der Waals surface area (Å²) in [7, 11) is 0. The molecule has 1 aromatic heterocycles. The molecule has 7 heteroatoms. The molecule has 1 aromatic carbocycles. The van der Waals surface area contributed by atoms with E-state index in [-0.39, 0.29) is 11.3 Å². The highest BCUT2D eigenvalue weighted by molar-refractivity contribution is 5.93. The molecule has 1 amide bonds. The molecule has 0 spiro atoms. The molecule has 0 aliphatic heterocycles. The maximum atomic E-state index is 12.9. The Balaban J connectivity index is 2.05. The molecule has 1 heterocycles. The topological polar surface area (TPSA) is 54.3 Å². The Morgan fingerprint density at radius 1 is 1.10 bits per heavy atom. The number of furan rings is 1. The zero-order valence-electron chi connectivity index (χ0n) is 10.1. The minimum Gasteiger partial charge on any atom is -0.467 e. The van der Waals surface area contributed by atoms with Crippen molar-refractivity contribution in [2.45, 2.75) is 12.2 Å². The van der Waals surface area contributed by atoms with Gasteiger partial charge >= 0.3 is 6.18 Å². The normalized spacial score (nSPS) is 12.9. The fourth-order valence-corrected chi connectivity index (χ4v) is 1.57. The zero-order valence-corrected chi connectivity index (χ0v) is 10.1. The van der Waals surface area contributed by atoms with E-state index in [9.17, 15) is 18.0 Å². The van der Waals surface area contributed by atoms with Crippen LogP contribution in [0.3, 0.4) is 0 Å². The summed E-state index contributed by atoms with van der Waals surface area (Å²) < 4.78 is 43.3. The number of amides is 1. The van der Waals surface area contributed by atoms with Crippen LogP contribution in [0, 0.1) is 0 Å². The molecule has 0 saturated heterocycles. The van der Waals surface area contributed by atoms with Crippen LogP contribution < -0.4 is 10.9 Å². The second kappa shape index (κ2) is 5.79. The Kier molecular flexibility index (Phi) is 4.09. The molecule has 0 bridgehead atoms. The molecular weight excluding hydrogens is 273 g/mol. The fraction of sp³-hybridized carbons (Fsp3) is 0.154. The number of rotatable bonds is 4.